The minimum absolute atomic E-state index is 0.0845. The van der Waals surface area contributed by atoms with Gasteiger partial charge in [-0.2, -0.15) is 5.10 Å². The quantitative estimate of drug-likeness (QED) is 0.715. The molecule has 27 heavy (non-hydrogen) atoms. The van der Waals surface area contributed by atoms with Crippen LogP contribution in [0, 0.1) is 13.8 Å². The summed E-state index contributed by atoms with van der Waals surface area (Å²) in [5, 5.41) is 4.49. The molecule has 7 heteroatoms. The van der Waals surface area contributed by atoms with E-state index < -0.39 is 0 Å². The Balaban J connectivity index is 1.46. The molecule has 1 aliphatic heterocycles. The van der Waals surface area contributed by atoms with Crippen molar-refractivity contribution in [2.75, 3.05) is 31.1 Å². The molecule has 2 aromatic heterocycles. The number of amides is 1. The van der Waals surface area contributed by atoms with Gasteiger partial charge in [-0.15, -0.1) is 0 Å². The molecule has 138 valence electrons. The maximum atomic E-state index is 12.6. The van der Waals surface area contributed by atoms with E-state index in [9.17, 15) is 4.79 Å². The van der Waals surface area contributed by atoms with Crippen LogP contribution >= 0.6 is 0 Å². The Labute approximate surface area is 158 Å². The normalized spacial score (nSPS) is 14.4. The van der Waals surface area contributed by atoms with Crippen molar-refractivity contribution in [3.8, 4) is 5.82 Å². The SMILES string of the molecule is Cc1cc(C)n(-c2cc(N3CCN(C(=O)c4ccccc4)CC3)ncn2)n1. The minimum atomic E-state index is 0.0845. The largest absolute Gasteiger partial charge is 0.353 e. The summed E-state index contributed by atoms with van der Waals surface area (Å²) >= 11 is 0. The Bertz CT molecular complexity index is 944. The van der Waals surface area contributed by atoms with Crippen molar-refractivity contribution in [3.63, 3.8) is 0 Å². The van der Waals surface area contributed by atoms with Gasteiger partial charge in [-0.1, -0.05) is 18.2 Å². The number of carbonyl (C=O) groups excluding carboxylic acids is 1. The molecule has 3 heterocycles. The predicted molar refractivity (Wildman–Crippen MR) is 103 cm³/mol. The molecule has 0 atom stereocenters. The summed E-state index contributed by atoms with van der Waals surface area (Å²) in [5.74, 6) is 1.70. The molecule has 4 rings (SSSR count). The van der Waals surface area contributed by atoms with Gasteiger partial charge in [0.15, 0.2) is 5.82 Å². The van der Waals surface area contributed by atoms with Gasteiger partial charge in [-0.25, -0.2) is 14.6 Å². The molecule has 1 aliphatic rings. The topological polar surface area (TPSA) is 67.2 Å². The third-order valence-electron chi connectivity index (χ3n) is 4.78. The fraction of sp³-hybridized carbons (Fsp3) is 0.300. The summed E-state index contributed by atoms with van der Waals surface area (Å²) in [7, 11) is 0. The van der Waals surface area contributed by atoms with Gasteiger partial charge in [0.05, 0.1) is 5.69 Å². The van der Waals surface area contributed by atoms with Crippen molar-refractivity contribution < 1.29 is 4.79 Å². The molecule has 1 fully saturated rings. The summed E-state index contributed by atoms with van der Waals surface area (Å²) in [6.45, 7) is 6.81. The molecular weight excluding hydrogens is 340 g/mol. The Kier molecular flexibility index (Phi) is 4.58. The molecule has 0 radical (unpaired) electrons. The minimum Gasteiger partial charge on any atom is -0.353 e. The van der Waals surface area contributed by atoms with E-state index in [1.807, 2.05) is 65.9 Å². The second kappa shape index (κ2) is 7.19. The van der Waals surface area contributed by atoms with E-state index in [2.05, 4.69) is 20.0 Å². The third-order valence-corrected chi connectivity index (χ3v) is 4.78. The predicted octanol–water partition coefficient (Wildman–Crippen LogP) is 2.24. The molecule has 7 nitrogen and oxygen atoms in total. The molecule has 0 unspecified atom stereocenters. The number of rotatable bonds is 3. The van der Waals surface area contributed by atoms with Crippen molar-refractivity contribution in [2.24, 2.45) is 0 Å². The second-order valence-corrected chi connectivity index (χ2v) is 6.72. The van der Waals surface area contributed by atoms with Gasteiger partial charge in [0.25, 0.3) is 5.91 Å². The molecule has 1 amide bonds. The van der Waals surface area contributed by atoms with Crippen LogP contribution in [-0.2, 0) is 0 Å². The van der Waals surface area contributed by atoms with Gasteiger partial charge in [0, 0.05) is 43.5 Å². The molecule has 1 aromatic carbocycles. The lowest BCUT2D eigenvalue weighted by atomic mass is 10.2. The molecule has 0 aliphatic carbocycles. The van der Waals surface area contributed by atoms with Gasteiger partial charge in [-0.3, -0.25) is 4.79 Å². The number of aryl methyl sites for hydroxylation is 2. The van der Waals surface area contributed by atoms with Crippen molar-refractivity contribution in [2.45, 2.75) is 13.8 Å². The molecule has 0 bridgehead atoms. The van der Waals surface area contributed by atoms with E-state index in [0.29, 0.717) is 13.1 Å². The number of anilines is 1. The zero-order valence-corrected chi connectivity index (χ0v) is 15.5. The van der Waals surface area contributed by atoms with Crippen LogP contribution in [0.25, 0.3) is 5.82 Å². The monoisotopic (exact) mass is 362 g/mol. The lowest BCUT2D eigenvalue weighted by molar-refractivity contribution is 0.0746. The molecule has 0 spiro atoms. The summed E-state index contributed by atoms with van der Waals surface area (Å²) in [6.07, 6.45) is 1.57. The smallest absolute Gasteiger partial charge is 0.253 e. The first-order chi connectivity index (χ1) is 13.1. The number of hydrogen-bond acceptors (Lipinski definition) is 5. The number of hydrogen-bond donors (Lipinski definition) is 0. The van der Waals surface area contributed by atoms with Crippen molar-refractivity contribution in [1.29, 1.82) is 0 Å². The first-order valence-electron chi connectivity index (χ1n) is 9.07. The maximum absolute atomic E-state index is 12.6. The van der Waals surface area contributed by atoms with Crippen molar-refractivity contribution in [3.05, 3.63) is 65.7 Å². The Morgan fingerprint density at radius 2 is 1.63 bits per heavy atom. The summed E-state index contributed by atoms with van der Waals surface area (Å²) < 4.78 is 1.83. The van der Waals surface area contributed by atoms with Crippen LogP contribution in [0.15, 0.2) is 48.8 Å². The van der Waals surface area contributed by atoms with Crippen LogP contribution in [-0.4, -0.2) is 56.7 Å². The molecule has 3 aromatic rings. The molecular formula is C20H22N6O. The van der Waals surface area contributed by atoms with Crippen LogP contribution in [0.5, 0.6) is 0 Å². The van der Waals surface area contributed by atoms with Crippen molar-refractivity contribution in [1.82, 2.24) is 24.6 Å². The highest BCUT2D eigenvalue weighted by Gasteiger charge is 2.23. The molecule has 0 saturated carbocycles. The van der Waals surface area contributed by atoms with Gasteiger partial charge in [0.1, 0.15) is 12.1 Å². The Morgan fingerprint density at radius 1 is 0.926 bits per heavy atom. The van der Waals surface area contributed by atoms with E-state index in [-0.39, 0.29) is 5.91 Å². The fourth-order valence-electron chi connectivity index (χ4n) is 3.39. The van der Waals surface area contributed by atoms with E-state index in [1.54, 1.807) is 6.33 Å². The maximum Gasteiger partial charge on any atom is 0.253 e. The van der Waals surface area contributed by atoms with Gasteiger partial charge >= 0.3 is 0 Å². The van der Waals surface area contributed by atoms with Crippen LogP contribution < -0.4 is 4.90 Å². The van der Waals surface area contributed by atoms with Gasteiger partial charge in [0.2, 0.25) is 0 Å². The Morgan fingerprint density at radius 3 is 2.30 bits per heavy atom. The highest BCUT2D eigenvalue weighted by molar-refractivity contribution is 5.94. The van der Waals surface area contributed by atoms with Crippen LogP contribution in [0.3, 0.4) is 0 Å². The van der Waals surface area contributed by atoms with E-state index in [0.717, 1.165) is 41.7 Å². The zero-order valence-electron chi connectivity index (χ0n) is 15.5. The summed E-state index contributed by atoms with van der Waals surface area (Å²) in [5.41, 5.74) is 2.73. The third kappa shape index (κ3) is 3.53. The molecule has 1 saturated heterocycles. The summed E-state index contributed by atoms with van der Waals surface area (Å²) in [4.78, 5) is 25.5. The Hall–Kier alpha value is -3.22. The van der Waals surface area contributed by atoms with E-state index in [4.69, 9.17) is 0 Å². The van der Waals surface area contributed by atoms with Crippen LogP contribution in [0.4, 0.5) is 5.82 Å². The zero-order chi connectivity index (χ0) is 18.8. The van der Waals surface area contributed by atoms with Gasteiger partial charge in [-0.05, 0) is 32.0 Å². The number of aromatic nitrogens is 4. The lowest BCUT2D eigenvalue weighted by Gasteiger charge is -2.35. The van der Waals surface area contributed by atoms with Crippen molar-refractivity contribution >= 4 is 11.7 Å². The highest BCUT2D eigenvalue weighted by Crippen LogP contribution is 2.18. The molecule has 0 N–H and O–H groups in total. The first-order valence-corrected chi connectivity index (χ1v) is 9.07. The lowest BCUT2D eigenvalue weighted by Crippen LogP contribution is -2.49. The number of carbonyl (C=O) groups is 1. The van der Waals surface area contributed by atoms with E-state index in [1.165, 1.54) is 0 Å². The summed E-state index contributed by atoms with van der Waals surface area (Å²) in [6, 6.07) is 13.4. The van der Waals surface area contributed by atoms with Gasteiger partial charge < -0.3 is 9.80 Å². The van der Waals surface area contributed by atoms with Crippen LogP contribution in [0.1, 0.15) is 21.7 Å². The number of nitrogens with zero attached hydrogens (tertiary/aromatic N) is 6. The highest BCUT2D eigenvalue weighted by atomic mass is 16.2. The number of piperazine rings is 1. The average molecular weight is 362 g/mol. The fourth-order valence-corrected chi connectivity index (χ4v) is 3.39. The second-order valence-electron chi connectivity index (χ2n) is 6.72. The van der Waals surface area contributed by atoms with E-state index >= 15 is 0 Å². The standard InChI is InChI=1S/C20H22N6O/c1-15-12-16(2)26(23-15)19-13-18(21-14-22-19)24-8-10-25(11-9-24)20(27)17-6-4-3-5-7-17/h3-7,12-14H,8-11H2,1-2H3. The van der Waals surface area contributed by atoms with Crippen LogP contribution in [0.2, 0.25) is 0 Å². The number of benzene rings is 1. The first kappa shape index (κ1) is 17.2. The average Bonchev–Trinajstić information content (AvgIpc) is 3.06.